The van der Waals surface area contributed by atoms with Gasteiger partial charge in [0.2, 0.25) is 0 Å². The Labute approximate surface area is 150 Å². The summed E-state index contributed by atoms with van der Waals surface area (Å²) >= 11 is 0. The van der Waals surface area contributed by atoms with Crippen LogP contribution in [0.5, 0.6) is 0 Å². The average molecular weight is 414 g/mol. The van der Waals surface area contributed by atoms with Crippen molar-refractivity contribution in [3.05, 3.63) is 29.3 Å². The predicted molar refractivity (Wildman–Crippen MR) is 104 cm³/mol. The molecule has 0 aromatic heterocycles. The minimum Gasteiger partial charge on any atom is -0.370 e. The molecule has 122 valence electrons. The van der Waals surface area contributed by atoms with E-state index in [-0.39, 0.29) is 24.0 Å². The van der Waals surface area contributed by atoms with Crippen LogP contribution in [0.2, 0.25) is 0 Å². The normalized spacial score (nSPS) is 22.0. The van der Waals surface area contributed by atoms with Gasteiger partial charge in [-0.05, 0) is 74.9 Å². The summed E-state index contributed by atoms with van der Waals surface area (Å²) in [7, 11) is 2.18. The van der Waals surface area contributed by atoms with E-state index in [1.165, 1.54) is 49.8 Å². The summed E-state index contributed by atoms with van der Waals surface area (Å²) in [6.45, 7) is 3.17. The molecular formula is C17H27IN4. The van der Waals surface area contributed by atoms with Crippen LogP contribution in [0.3, 0.4) is 0 Å². The number of hydrogen-bond acceptors (Lipinski definition) is 2. The van der Waals surface area contributed by atoms with Crippen molar-refractivity contribution in [2.24, 2.45) is 16.6 Å². The summed E-state index contributed by atoms with van der Waals surface area (Å²) in [5.41, 5.74) is 10.0. The molecule has 1 saturated heterocycles. The van der Waals surface area contributed by atoms with Gasteiger partial charge in [-0.1, -0.05) is 6.07 Å². The minimum absolute atomic E-state index is 0. The number of aryl methyl sites for hydroxylation is 2. The molecule has 5 heteroatoms. The van der Waals surface area contributed by atoms with Crippen LogP contribution in [0.1, 0.15) is 30.4 Å². The first-order valence-corrected chi connectivity index (χ1v) is 8.08. The van der Waals surface area contributed by atoms with Crippen molar-refractivity contribution < 1.29 is 0 Å². The van der Waals surface area contributed by atoms with Crippen LogP contribution in [0, 0.1) is 5.92 Å². The van der Waals surface area contributed by atoms with Gasteiger partial charge in [-0.25, -0.2) is 0 Å². The number of fused-ring (bicyclic) bond motifs is 1. The van der Waals surface area contributed by atoms with Crippen molar-refractivity contribution in [2.75, 3.05) is 32.0 Å². The zero-order valence-corrected chi connectivity index (χ0v) is 15.7. The van der Waals surface area contributed by atoms with E-state index in [0.29, 0.717) is 11.9 Å². The fourth-order valence-electron chi connectivity index (χ4n) is 3.49. The molecule has 22 heavy (non-hydrogen) atoms. The smallest absolute Gasteiger partial charge is 0.193 e. The lowest BCUT2D eigenvalue weighted by Gasteiger charge is -2.28. The average Bonchev–Trinajstić information content (AvgIpc) is 2.93. The maximum absolute atomic E-state index is 6.03. The molecule has 1 aromatic rings. The van der Waals surface area contributed by atoms with E-state index in [4.69, 9.17) is 5.73 Å². The first-order chi connectivity index (χ1) is 10.2. The van der Waals surface area contributed by atoms with Gasteiger partial charge in [0.25, 0.3) is 0 Å². The van der Waals surface area contributed by atoms with Crippen molar-refractivity contribution in [1.29, 1.82) is 0 Å². The largest absolute Gasteiger partial charge is 0.370 e. The highest BCUT2D eigenvalue weighted by molar-refractivity contribution is 14.0. The Hall–Kier alpha value is -0.820. The van der Waals surface area contributed by atoms with Gasteiger partial charge in [-0.2, -0.15) is 0 Å². The Bertz CT molecular complexity index is 529. The second-order valence-corrected chi connectivity index (χ2v) is 6.46. The number of rotatable bonds is 3. The van der Waals surface area contributed by atoms with E-state index in [9.17, 15) is 0 Å². The Kier molecular flexibility index (Phi) is 6.50. The zero-order chi connectivity index (χ0) is 14.7. The third kappa shape index (κ3) is 4.59. The molecule has 1 atom stereocenters. The molecule has 0 saturated carbocycles. The molecule has 1 aromatic carbocycles. The molecule has 3 N–H and O–H groups in total. The number of halogens is 1. The number of anilines is 1. The third-order valence-corrected chi connectivity index (χ3v) is 4.61. The Morgan fingerprint density at radius 2 is 2.14 bits per heavy atom. The molecule has 0 spiro atoms. The first kappa shape index (κ1) is 17.5. The van der Waals surface area contributed by atoms with Crippen LogP contribution in [0.25, 0.3) is 0 Å². The molecule has 1 heterocycles. The van der Waals surface area contributed by atoms with Crippen LogP contribution >= 0.6 is 24.0 Å². The second-order valence-electron chi connectivity index (χ2n) is 6.46. The van der Waals surface area contributed by atoms with Gasteiger partial charge in [0, 0.05) is 18.8 Å². The van der Waals surface area contributed by atoms with E-state index >= 15 is 0 Å². The Morgan fingerprint density at radius 3 is 2.95 bits per heavy atom. The summed E-state index contributed by atoms with van der Waals surface area (Å²) in [4.78, 5) is 6.91. The van der Waals surface area contributed by atoms with E-state index in [1.54, 1.807) is 0 Å². The number of nitrogens with two attached hydrogens (primary N) is 1. The Morgan fingerprint density at radius 1 is 1.32 bits per heavy atom. The maximum atomic E-state index is 6.03. The number of nitrogens with one attached hydrogen (secondary N) is 1. The number of piperidine rings is 1. The quantitative estimate of drug-likeness (QED) is 0.455. The van der Waals surface area contributed by atoms with E-state index in [2.05, 4.69) is 40.5 Å². The zero-order valence-electron chi connectivity index (χ0n) is 13.3. The number of guanidine groups is 1. The monoisotopic (exact) mass is 414 g/mol. The van der Waals surface area contributed by atoms with Crippen molar-refractivity contribution in [1.82, 2.24) is 4.90 Å². The summed E-state index contributed by atoms with van der Waals surface area (Å²) < 4.78 is 0. The number of benzene rings is 1. The highest BCUT2D eigenvalue weighted by Crippen LogP contribution is 2.24. The van der Waals surface area contributed by atoms with Gasteiger partial charge < -0.3 is 16.0 Å². The highest BCUT2D eigenvalue weighted by Gasteiger charge is 2.16. The molecular weight excluding hydrogens is 387 g/mol. The lowest BCUT2D eigenvalue weighted by molar-refractivity contribution is 0.214. The molecule has 1 unspecified atom stereocenters. The van der Waals surface area contributed by atoms with Crippen LogP contribution in [-0.4, -0.2) is 37.5 Å². The van der Waals surface area contributed by atoms with Crippen LogP contribution in [-0.2, 0) is 12.8 Å². The van der Waals surface area contributed by atoms with E-state index < -0.39 is 0 Å². The maximum Gasteiger partial charge on any atom is 0.193 e. The van der Waals surface area contributed by atoms with Gasteiger partial charge >= 0.3 is 0 Å². The summed E-state index contributed by atoms with van der Waals surface area (Å²) in [6, 6.07) is 6.55. The minimum atomic E-state index is 0. The molecule has 1 aliphatic heterocycles. The van der Waals surface area contributed by atoms with Gasteiger partial charge in [-0.3, -0.25) is 4.99 Å². The molecule has 1 fully saturated rings. The van der Waals surface area contributed by atoms with Crippen molar-refractivity contribution >= 4 is 35.6 Å². The van der Waals surface area contributed by atoms with Crippen molar-refractivity contribution in [3.8, 4) is 0 Å². The van der Waals surface area contributed by atoms with Crippen molar-refractivity contribution in [3.63, 3.8) is 0 Å². The third-order valence-electron chi connectivity index (χ3n) is 4.61. The highest BCUT2D eigenvalue weighted by atomic mass is 127. The molecule has 1 aliphatic carbocycles. The molecule has 2 aliphatic rings. The lowest BCUT2D eigenvalue weighted by atomic mass is 9.99. The number of hydrogen-bond donors (Lipinski definition) is 2. The van der Waals surface area contributed by atoms with Gasteiger partial charge in [-0.15, -0.1) is 24.0 Å². The number of nitrogens with zero attached hydrogens (tertiary/aromatic N) is 2. The predicted octanol–water partition coefficient (Wildman–Crippen LogP) is 2.86. The lowest BCUT2D eigenvalue weighted by Crippen LogP contribution is -2.34. The summed E-state index contributed by atoms with van der Waals surface area (Å²) in [5.74, 6) is 1.19. The molecule has 0 bridgehead atoms. The van der Waals surface area contributed by atoms with Crippen LogP contribution in [0.15, 0.2) is 23.2 Å². The Balaban J connectivity index is 0.00000176. The summed E-state index contributed by atoms with van der Waals surface area (Å²) in [5, 5.41) is 3.24. The topological polar surface area (TPSA) is 53.6 Å². The van der Waals surface area contributed by atoms with Gasteiger partial charge in [0.05, 0.1) is 0 Å². The number of likely N-dealkylation sites (tertiary alicyclic amines) is 1. The second kappa shape index (κ2) is 8.15. The van der Waals surface area contributed by atoms with E-state index in [1.807, 2.05) is 0 Å². The van der Waals surface area contributed by atoms with E-state index in [0.717, 1.165) is 18.8 Å². The van der Waals surface area contributed by atoms with Crippen molar-refractivity contribution in [2.45, 2.75) is 32.1 Å². The SMILES string of the molecule is CN1CCCC(CN=C(N)Nc2ccc3c(c2)CCC3)C1.I. The molecule has 3 rings (SSSR count). The standard InChI is InChI=1S/C17H26N4.HI/c1-21-9-3-4-13(12-21)11-19-17(18)20-16-8-7-14-5-2-6-15(14)10-16;/h7-8,10,13H,2-6,9,11-12H2,1H3,(H3,18,19,20);1H. The first-order valence-electron chi connectivity index (χ1n) is 8.08. The molecule has 0 amide bonds. The fourth-order valence-corrected chi connectivity index (χ4v) is 3.49. The molecule has 4 nitrogen and oxygen atoms in total. The van der Waals surface area contributed by atoms with Crippen LogP contribution in [0.4, 0.5) is 5.69 Å². The summed E-state index contributed by atoms with van der Waals surface area (Å²) in [6.07, 6.45) is 6.22. The van der Waals surface area contributed by atoms with Gasteiger partial charge in [0.1, 0.15) is 0 Å². The number of aliphatic imine (C=N–C) groups is 1. The van der Waals surface area contributed by atoms with Gasteiger partial charge in [0.15, 0.2) is 5.96 Å². The van der Waals surface area contributed by atoms with Crippen LogP contribution < -0.4 is 11.1 Å². The fraction of sp³-hybridized carbons (Fsp3) is 0.588. The molecule has 0 radical (unpaired) electrons.